The van der Waals surface area contributed by atoms with Crippen LogP contribution in [0.4, 0.5) is 0 Å². The monoisotopic (exact) mass is 267 g/mol. The number of nitrogens with one attached hydrogen (secondary N) is 1. The van der Waals surface area contributed by atoms with Crippen molar-refractivity contribution in [3.63, 3.8) is 0 Å². The van der Waals surface area contributed by atoms with Crippen LogP contribution in [0.1, 0.15) is 13.8 Å². The smallest absolute Gasteiger partial charge is 0.326 e. The molecule has 0 saturated carbocycles. The number of rotatable bonds is 8. The van der Waals surface area contributed by atoms with E-state index in [1.54, 1.807) is 20.1 Å². The topological polar surface area (TPSA) is 56.8 Å². The van der Waals surface area contributed by atoms with E-state index in [9.17, 15) is 4.79 Å². The molecule has 0 saturated heterocycles. The number of carbonyl (C=O) groups excluding carboxylic acids is 1. The van der Waals surface area contributed by atoms with Crippen molar-refractivity contribution in [1.29, 1.82) is 0 Å². The van der Waals surface area contributed by atoms with Gasteiger partial charge in [-0.15, -0.1) is 0 Å². The van der Waals surface area contributed by atoms with Crippen molar-refractivity contribution in [3.8, 4) is 11.5 Å². The van der Waals surface area contributed by atoms with Crippen LogP contribution in [0.2, 0.25) is 0 Å². The molecule has 0 aliphatic rings. The van der Waals surface area contributed by atoms with Gasteiger partial charge in [0, 0.05) is 0 Å². The number of ether oxygens (including phenoxy) is 3. The molecule has 0 fully saturated rings. The minimum absolute atomic E-state index is 0.201. The van der Waals surface area contributed by atoms with E-state index in [-0.39, 0.29) is 12.6 Å². The van der Waals surface area contributed by atoms with Crippen LogP contribution in [0.5, 0.6) is 11.5 Å². The Bertz CT molecular complexity index is 395. The Morgan fingerprint density at radius 3 is 2.53 bits per heavy atom. The van der Waals surface area contributed by atoms with Crippen molar-refractivity contribution in [2.24, 2.45) is 0 Å². The summed E-state index contributed by atoms with van der Waals surface area (Å²) in [6.45, 7) is 4.93. The zero-order chi connectivity index (χ0) is 14.1. The number of benzene rings is 1. The van der Waals surface area contributed by atoms with Gasteiger partial charge in [0.25, 0.3) is 0 Å². The predicted octanol–water partition coefficient (Wildman–Crippen LogP) is 1.62. The number of esters is 1. The Morgan fingerprint density at radius 1 is 1.26 bits per heavy atom. The summed E-state index contributed by atoms with van der Waals surface area (Å²) in [5.41, 5.74) is 0. The molecule has 106 valence electrons. The molecular weight excluding hydrogens is 246 g/mol. The maximum absolute atomic E-state index is 11.7. The van der Waals surface area contributed by atoms with Crippen LogP contribution < -0.4 is 14.8 Å². The highest BCUT2D eigenvalue weighted by atomic mass is 16.5. The standard InChI is InChI=1S/C14H21NO4/c1-4-15-11(14(16)18-5-2)10-19-13-9-7-6-8-12(13)17-3/h6-9,11,15H,4-5,10H2,1-3H3. The molecule has 5 nitrogen and oxygen atoms in total. The number of para-hydroxylation sites is 2. The van der Waals surface area contributed by atoms with Crippen LogP contribution in [0.15, 0.2) is 24.3 Å². The van der Waals surface area contributed by atoms with Crippen molar-refractivity contribution in [3.05, 3.63) is 24.3 Å². The Kier molecular flexibility index (Phi) is 6.74. The second-order valence-electron chi connectivity index (χ2n) is 3.82. The quantitative estimate of drug-likeness (QED) is 0.725. The second kappa shape index (κ2) is 8.37. The molecule has 1 N–H and O–H groups in total. The summed E-state index contributed by atoms with van der Waals surface area (Å²) in [7, 11) is 1.58. The SMILES string of the molecule is CCNC(COc1ccccc1OC)C(=O)OCC. The molecule has 0 aliphatic carbocycles. The minimum atomic E-state index is -0.477. The lowest BCUT2D eigenvalue weighted by molar-refractivity contribution is -0.146. The highest BCUT2D eigenvalue weighted by Crippen LogP contribution is 2.25. The number of methoxy groups -OCH3 is 1. The Balaban J connectivity index is 2.62. The molecule has 0 spiro atoms. The van der Waals surface area contributed by atoms with Crippen molar-refractivity contribution in [2.75, 3.05) is 26.9 Å². The Labute approximate surface area is 113 Å². The van der Waals surface area contributed by atoms with Gasteiger partial charge in [-0.25, -0.2) is 0 Å². The molecule has 0 heterocycles. The maximum atomic E-state index is 11.7. The van der Waals surface area contributed by atoms with E-state index >= 15 is 0 Å². The minimum Gasteiger partial charge on any atom is -0.493 e. The summed E-state index contributed by atoms with van der Waals surface area (Å²) in [5.74, 6) is 0.943. The third-order valence-electron chi connectivity index (χ3n) is 2.50. The average molecular weight is 267 g/mol. The molecule has 0 aliphatic heterocycles. The number of hydrogen-bond acceptors (Lipinski definition) is 5. The third kappa shape index (κ3) is 4.79. The summed E-state index contributed by atoms with van der Waals surface area (Å²) in [6, 6.07) is 6.84. The number of likely N-dealkylation sites (N-methyl/N-ethyl adjacent to an activating group) is 1. The van der Waals surface area contributed by atoms with Gasteiger partial charge in [0.05, 0.1) is 13.7 Å². The lowest BCUT2D eigenvalue weighted by Gasteiger charge is -2.17. The molecular formula is C14H21NO4. The first-order chi connectivity index (χ1) is 9.22. The van der Waals surface area contributed by atoms with E-state index in [1.807, 2.05) is 25.1 Å². The van der Waals surface area contributed by atoms with Gasteiger partial charge in [-0.05, 0) is 25.6 Å². The summed E-state index contributed by atoms with van der Waals surface area (Å²) < 4.78 is 15.8. The summed E-state index contributed by atoms with van der Waals surface area (Å²) in [6.07, 6.45) is 0. The third-order valence-corrected chi connectivity index (χ3v) is 2.50. The van der Waals surface area contributed by atoms with E-state index < -0.39 is 6.04 Å². The van der Waals surface area contributed by atoms with Gasteiger partial charge in [0.15, 0.2) is 11.5 Å². The fourth-order valence-electron chi connectivity index (χ4n) is 1.61. The number of carbonyl (C=O) groups is 1. The van der Waals surface area contributed by atoms with E-state index in [1.165, 1.54) is 0 Å². The first-order valence-corrected chi connectivity index (χ1v) is 6.38. The van der Waals surface area contributed by atoms with Gasteiger partial charge >= 0.3 is 5.97 Å². The Morgan fingerprint density at radius 2 is 1.95 bits per heavy atom. The van der Waals surface area contributed by atoms with Crippen molar-refractivity contribution >= 4 is 5.97 Å². The zero-order valence-corrected chi connectivity index (χ0v) is 11.6. The molecule has 0 radical (unpaired) electrons. The lowest BCUT2D eigenvalue weighted by Crippen LogP contribution is -2.42. The van der Waals surface area contributed by atoms with E-state index in [0.29, 0.717) is 24.7 Å². The molecule has 1 unspecified atom stereocenters. The van der Waals surface area contributed by atoms with Crippen molar-refractivity contribution in [2.45, 2.75) is 19.9 Å². The largest absolute Gasteiger partial charge is 0.493 e. The van der Waals surface area contributed by atoms with Crippen LogP contribution in [-0.2, 0) is 9.53 Å². The number of hydrogen-bond donors (Lipinski definition) is 1. The van der Waals surface area contributed by atoms with Crippen LogP contribution >= 0.6 is 0 Å². The highest BCUT2D eigenvalue weighted by Gasteiger charge is 2.19. The van der Waals surface area contributed by atoms with Crippen molar-refractivity contribution in [1.82, 2.24) is 5.32 Å². The predicted molar refractivity (Wildman–Crippen MR) is 72.6 cm³/mol. The summed E-state index contributed by atoms with van der Waals surface area (Å²) in [4.78, 5) is 11.7. The molecule has 5 heteroatoms. The summed E-state index contributed by atoms with van der Waals surface area (Å²) in [5, 5.41) is 3.03. The Hall–Kier alpha value is -1.75. The molecule has 1 aromatic rings. The van der Waals surface area contributed by atoms with Crippen LogP contribution in [0.3, 0.4) is 0 Å². The molecule has 0 aromatic heterocycles. The highest BCUT2D eigenvalue weighted by molar-refractivity contribution is 5.76. The fraction of sp³-hybridized carbons (Fsp3) is 0.500. The van der Waals surface area contributed by atoms with Gasteiger partial charge < -0.3 is 19.5 Å². The molecule has 19 heavy (non-hydrogen) atoms. The molecule has 1 aromatic carbocycles. The summed E-state index contributed by atoms with van der Waals surface area (Å²) >= 11 is 0. The van der Waals surface area contributed by atoms with Crippen LogP contribution in [-0.4, -0.2) is 38.9 Å². The fourth-order valence-corrected chi connectivity index (χ4v) is 1.61. The van der Waals surface area contributed by atoms with Gasteiger partial charge in [-0.2, -0.15) is 0 Å². The first kappa shape index (κ1) is 15.3. The zero-order valence-electron chi connectivity index (χ0n) is 11.6. The molecule has 0 bridgehead atoms. The van der Waals surface area contributed by atoms with Gasteiger partial charge in [-0.1, -0.05) is 19.1 Å². The van der Waals surface area contributed by atoms with E-state index in [4.69, 9.17) is 14.2 Å². The normalized spacial score (nSPS) is 11.7. The van der Waals surface area contributed by atoms with Gasteiger partial charge in [0.2, 0.25) is 0 Å². The van der Waals surface area contributed by atoms with E-state index in [0.717, 1.165) is 0 Å². The average Bonchev–Trinajstić information content (AvgIpc) is 2.44. The van der Waals surface area contributed by atoms with Crippen LogP contribution in [0.25, 0.3) is 0 Å². The second-order valence-corrected chi connectivity index (χ2v) is 3.82. The van der Waals surface area contributed by atoms with E-state index in [2.05, 4.69) is 5.32 Å². The van der Waals surface area contributed by atoms with Crippen molar-refractivity contribution < 1.29 is 19.0 Å². The first-order valence-electron chi connectivity index (χ1n) is 6.38. The molecule has 0 amide bonds. The molecule has 1 rings (SSSR count). The molecule has 1 atom stereocenters. The van der Waals surface area contributed by atoms with Gasteiger partial charge in [-0.3, -0.25) is 4.79 Å². The van der Waals surface area contributed by atoms with Crippen LogP contribution in [0, 0.1) is 0 Å². The maximum Gasteiger partial charge on any atom is 0.326 e. The van der Waals surface area contributed by atoms with Gasteiger partial charge in [0.1, 0.15) is 12.6 Å². The lowest BCUT2D eigenvalue weighted by atomic mass is 10.3.